The van der Waals surface area contributed by atoms with E-state index in [1.54, 1.807) is 0 Å². The molecular formula is C6H15BrN2O2. The Morgan fingerprint density at radius 2 is 2.27 bits per heavy atom. The highest BCUT2D eigenvalue weighted by molar-refractivity contribution is 9.09. The molecule has 0 aliphatic rings. The number of aliphatic hydroxyl groups is 1. The lowest BCUT2D eigenvalue weighted by molar-refractivity contribution is -0.118. The van der Waals surface area contributed by atoms with Gasteiger partial charge in [-0.2, -0.15) is 0 Å². The Balaban J connectivity index is 0. The summed E-state index contributed by atoms with van der Waals surface area (Å²) in [7, 11) is 0. The zero-order chi connectivity index (χ0) is 9.11. The Morgan fingerprint density at radius 1 is 1.73 bits per heavy atom. The average molecular weight is 227 g/mol. The fourth-order valence-corrected chi connectivity index (χ4v) is 0.359. The van der Waals surface area contributed by atoms with Crippen LogP contribution in [-0.4, -0.2) is 23.0 Å². The highest BCUT2D eigenvalue weighted by Crippen LogP contribution is 1.78. The van der Waals surface area contributed by atoms with Crippen molar-refractivity contribution in [1.82, 2.24) is 5.43 Å². The number of hydrazine groups is 1. The number of amides is 1. The summed E-state index contributed by atoms with van der Waals surface area (Å²) in [6.45, 7) is 2.40. The summed E-state index contributed by atoms with van der Waals surface area (Å²) in [6.07, 6.45) is 2.04. The summed E-state index contributed by atoms with van der Waals surface area (Å²) in [6, 6.07) is 0. The number of unbranched alkanes of at least 4 members (excludes halogenated alkanes) is 1. The molecule has 0 aromatic rings. The Kier molecular flexibility index (Phi) is 15.3. The first kappa shape index (κ1) is 13.5. The number of carbonyl (C=O) groups is 1. The normalized spacial score (nSPS) is 8.00. The number of hydrogen-bond acceptors (Lipinski definition) is 3. The van der Waals surface area contributed by atoms with Crippen LogP contribution in [0.4, 0.5) is 0 Å². The fraction of sp³-hybridized carbons (Fsp3) is 0.833. The standard InChI is InChI=1S/C4H10O.C2H5BrN2O/c1-2-3-4-5;3-1-2(6)5-4/h5H,2-4H2,1H3;1,4H2,(H,5,6). The number of carbonyl (C=O) groups excluding carboxylic acids is 1. The molecule has 11 heavy (non-hydrogen) atoms. The summed E-state index contributed by atoms with van der Waals surface area (Å²) in [5.74, 6) is 4.44. The molecule has 0 unspecified atom stereocenters. The molecule has 0 aromatic heterocycles. The van der Waals surface area contributed by atoms with Crippen molar-refractivity contribution in [2.75, 3.05) is 11.9 Å². The van der Waals surface area contributed by atoms with E-state index in [1.807, 2.05) is 5.43 Å². The minimum absolute atomic E-state index is 0.213. The van der Waals surface area contributed by atoms with Crippen LogP contribution >= 0.6 is 15.9 Å². The van der Waals surface area contributed by atoms with Crippen molar-refractivity contribution in [3.8, 4) is 0 Å². The predicted octanol–water partition coefficient (Wildman–Crippen LogP) is 0.150. The van der Waals surface area contributed by atoms with Crippen LogP contribution in [0.3, 0.4) is 0 Å². The largest absolute Gasteiger partial charge is 0.396 e. The number of rotatable bonds is 3. The Bertz CT molecular complexity index is 82.7. The highest BCUT2D eigenvalue weighted by atomic mass is 79.9. The van der Waals surface area contributed by atoms with Gasteiger partial charge < -0.3 is 5.11 Å². The number of hydrogen-bond donors (Lipinski definition) is 3. The van der Waals surface area contributed by atoms with Crippen molar-refractivity contribution < 1.29 is 9.90 Å². The topological polar surface area (TPSA) is 75.3 Å². The molecule has 0 atom stereocenters. The number of alkyl halides is 1. The maximum Gasteiger partial charge on any atom is 0.244 e. The van der Waals surface area contributed by atoms with Crippen molar-refractivity contribution in [2.24, 2.45) is 5.84 Å². The SMILES string of the molecule is CCCCO.NNC(=O)CBr. The fourth-order valence-electron chi connectivity index (χ4n) is 0.197. The molecule has 0 fully saturated rings. The molecule has 0 radical (unpaired) electrons. The van der Waals surface area contributed by atoms with Crippen LogP contribution in [0.5, 0.6) is 0 Å². The molecule has 68 valence electrons. The Morgan fingerprint density at radius 3 is 2.27 bits per heavy atom. The lowest BCUT2D eigenvalue weighted by Crippen LogP contribution is -2.30. The van der Waals surface area contributed by atoms with Crippen LogP contribution in [0.1, 0.15) is 19.8 Å². The van der Waals surface area contributed by atoms with Gasteiger partial charge in [0, 0.05) is 6.61 Å². The molecule has 5 heteroatoms. The van der Waals surface area contributed by atoms with E-state index in [9.17, 15) is 4.79 Å². The second-order valence-electron chi connectivity index (χ2n) is 1.78. The molecule has 0 saturated carbocycles. The lowest BCUT2D eigenvalue weighted by Gasteiger charge is -1.86. The van der Waals surface area contributed by atoms with Crippen molar-refractivity contribution in [1.29, 1.82) is 0 Å². The van der Waals surface area contributed by atoms with Crippen LogP contribution < -0.4 is 11.3 Å². The average Bonchev–Trinajstić information content (AvgIpc) is 2.06. The van der Waals surface area contributed by atoms with Crippen molar-refractivity contribution >= 4 is 21.8 Å². The highest BCUT2D eigenvalue weighted by Gasteiger charge is 1.87. The van der Waals surface area contributed by atoms with Gasteiger partial charge in [-0.3, -0.25) is 10.2 Å². The zero-order valence-electron chi connectivity index (χ0n) is 6.64. The number of nitrogens with one attached hydrogen (secondary N) is 1. The van der Waals surface area contributed by atoms with E-state index >= 15 is 0 Å². The van der Waals surface area contributed by atoms with Gasteiger partial charge in [0.15, 0.2) is 0 Å². The molecule has 4 N–H and O–H groups in total. The first-order valence-corrected chi connectivity index (χ1v) is 4.51. The number of nitrogens with two attached hydrogens (primary N) is 1. The third kappa shape index (κ3) is 17.7. The second-order valence-corrected chi connectivity index (χ2v) is 2.34. The van der Waals surface area contributed by atoms with Gasteiger partial charge in [-0.15, -0.1) is 0 Å². The number of aliphatic hydroxyl groups excluding tert-OH is 1. The summed E-state index contributed by atoms with van der Waals surface area (Å²) in [5, 5.41) is 8.33. The molecule has 0 heterocycles. The lowest BCUT2D eigenvalue weighted by atomic mass is 10.4. The van der Waals surface area contributed by atoms with Crippen LogP contribution in [0.15, 0.2) is 0 Å². The maximum absolute atomic E-state index is 9.90. The van der Waals surface area contributed by atoms with Crippen LogP contribution in [0.25, 0.3) is 0 Å². The van der Waals surface area contributed by atoms with Gasteiger partial charge in [-0.1, -0.05) is 29.3 Å². The monoisotopic (exact) mass is 226 g/mol. The third-order valence-corrected chi connectivity index (χ3v) is 1.30. The van der Waals surface area contributed by atoms with Gasteiger partial charge >= 0.3 is 0 Å². The van der Waals surface area contributed by atoms with E-state index in [4.69, 9.17) is 5.11 Å². The minimum Gasteiger partial charge on any atom is -0.396 e. The maximum atomic E-state index is 9.90. The number of halogens is 1. The van der Waals surface area contributed by atoms with Crippen LogP contribution in [0.2, 0.25) is 0 Å². The zero-order valence-corrected chi connectivity index (χ0v) is 8.23. The molecule has 0 bridgehead atoms. The Hall–Kier alpha value is -0.130. The van der Waals surface area contributed by atoms with Gasteiger partial charge in [0.2, 0.25) is 5.91 Å². The van der Waals surface area contributed by atoms with Crippen molar-refractivity contribution in [3.63, 3.8) is 0 Å². The summed E-state index contributed by atoms with van der Waals surface area (Å²) in [5.41, 5.74) is 1.93. The first-order chi connectivity index (χ1) is 5.22. The summed E-state index contributed by atoms with van der Waals surface area (Å²) < 4.78 is 0. The smallest absolute Gasteiger partial charge is 0.244 e. The molecule has 0 spiro atoms. The van der Waals surface area contributed by atoms with Gasteiger partial charge in [0.25, 0.3) is 0 Å². The van der Waals surface area contributed by atoms with Gasteiger partial charge in [-0.25, -0.2) is 5.84 Å². The van der Waals surface area contributed by atoms with E-state index < -0.39 is 0 Å². The van der Waals surface area contributed by atoms with E-state index in [0.717, 1.165) is 12.8 Å². The van der Waals surface area contributed by atoms with Gasteiger partial charge in [0.05, 0.1) is 5.33 Å². The van der Waals surface area contributed by atoms with Gasteiger partial charge in [-0.05, 0) is 6.42 Å². The van der Waals surface area contributed by atoms with E-state index in [2.05, 4.69) is 28.7 Å². The minimum atomic E-state index is -0.213. The molecule has 0 rings (SSSR count). The summed E-state index contributed by atoms with van der Waals surface area (Å²) >= 11 is 2.88. The molecule has 4 nitrogen and oxygen atoms in total. The molecule has 1 amide bonds. The molecule has 0 aliphatic heterocycles. The third-order valence-electron chi connectivity index (χ3n) is 0.794. The van der Waals surface area contributed by atoms with E-state index in [-0.39, 0.29) is 11.2 Å². The predicted molar refractivity (Wildman–Crippen MR) is 48.1 cm³/mol. The quantitative estimate of drug-likeness (QED) is 0.278. The molecule has 0 aromatic carbocycles. The summed E-state index contributed by atoms with van der Waals surface area (Å²) in [4.78, 5) is 9.90. The molecule has 0 aliphatic carbocycles. The van der Waals surface area contributed by atoms with Crippen LogP contribution in [0, 0.1) is 0 Å². The van der Waals surface area contributed by atoms with Crippen LogP contribution in [-0.2, 0) is 4.79 Å². The molecule has 0 saturated heterocycles. The van der Waals surface area contributed by atoms with Crippen molar-refractivity contribution in [3.05, 3.63) is 0 Å². The molecular weight excluding hydrogens is 212 g/mol. The van der Waals surface area contributed by atoms with Gasteiger partial charge in [0.1, 0.15) is 0 Å². The Labute approximate surface area is 75.3 Å². The van der Waals surface area contributed by atoms with E-state index in [1.165, 1.54) is 0 Å². The van der Waals surface area contributed by atoms with Crippen molar-refractivity contribution in [2.45, 2.75) is 19.8 Å². The van der Waals surface area contributed by atoms with E-state index in [0.29, 0.717) is 6.61 Å². The second kappa shape index (κ2) is 12.5. The first-order valence-electron chi connectivity index (χ1n) is 3.39.